The third-order valence-electron chi connectivity index (χ3n) is 2.32. The summed E-state index contributed by atoms with van der Waals surface area (Å²) >= 11 is 0. The second-order valence-electron chi connectivity index (χ2n) is 4.72. The first kappa shape index (κ1) is 11.0. The summed E-state index contributed by atoms with van der Waals surface area (Å²) < 4.78 is 39.3. The van der Waals surface area contributed by atoms with Crippen molar-refractivity contribution in [1.29, 1.82) is 0 Å². The maximum absolute atomic E-state index is 13.4. The van der Waals surface area contributed by atoms with Crippen LogP contribution in [0.5, 0.6) is 0 Å². The molecule has 0 unspecified atom stereocenters. The molecule has 5 heteroatoms. The molecule has 1 aromatic heterocycles. The van der Waals surface area contributed by atoms with E-state index in [4.69, 9.17) is 0 Å². The molecule has 2 rings (SSSR count). The molecule has 1 N–H and O–H groups in total. The number of imidazole rings is 1. The van der Waals surface area contributed by atoms with E-state index in [2.05, 4.69) is 9.97 Å². The maximum atomic E-state index is 13.4. The predicted octanol–water partition coefficient (Wildman–Crippen LogP) is 3.28. The average molecular weight is 228 g/mol. The number of halogens is 3. The van der Waals surface area contributed by atoms with E-state index in [1.807, 2.05) is 20.8 Å². The lowest BCUT2D eigenvalue weighted by atomic mass is 9.96. The van der Waals surface area contributed by atoms with Crippen molar-refractivity contribution in [2.45, 2.75) is 26.2 Å². The van der Waals surface area contributed by atoms with Gasteiger partial charge in [-0.3, -0.25) is 0 Å². The van der Waals surface area contributed by atoms with Crippen LogP contribution in [0.2, 0.25) is 0 Å². The summed E-state index contributed by atoms with van der Waals surface area (Å²) in [6.07, 6.45) is 0. The first-order chi connectivity index (χ1) is 7.30. The molecule has 0 amide bonds. The van der Waals surface area contributed by atoms with E-state index >= 15 is 0 Å². The van der Waals surface area contributed by atoms with Gasteiger partial charge in [0.05, 0.1) is 5.52 Å². The van der Waals surface area contributed by atoms with E-state index in [0.29, 0.717) is 5.82 Å². The Hall–Kier alpha value is -1.52. The summed E-state index contributed by atoms with van der Waals surface area (Å²) in [6.45, 7) is 5.61. The average Bonchev–Trinajstić information content (AvgIpc) is 2.57. The number of aromatic amines is 1. The predicted molar refractivity (Wildman–Crippen MR) is 54.7 cm³/mol. The Labute approximate surface area is 90.5 Å². The molecule has 1 aromatic carbocycles. The zero-order chi connectivity index (χ0) is 12.1. The first-order valence-electron chi connectivity index (χ1n) is 4.84. The van der Waals surface area contributed by atoms with Gasteiger partial charge in [0.25, 0.3) is 0 Å². The number of fused-ring (bicyclic) bond motifs is 1. The van der Waals surface area contributed by atoms with Gasteiger partial charge in [-0.2, -0.15) is 0 Å². The fraction of sp³-hybridized carbons (Fsp3) is 0.364. The lowest BCUT2D eigenvalue weighted by molar-refractivity contribution is 0.452. The molecular weight excluding hydrogens is 217 g/mol. The minimum absolute atomic E-state index is 0.163. The van der Waals surface area contributed by atoms with Gasteiger partial charge in [0.15, 0.2) is 17.5 Å². The molecule has 0 saturated carbocycles. The number of nitrogens with zero attached hydrogens (tertiary/aromatic N) is 1. The fourth-order valence-corrected chi connectivity index (χ4v) is 1.41. The van der Waals surface area contributed by atoms with Crippen LogP contribution in [0.3, 0.4) is 0 Å². The van der Waals surface area contributed by atoms with Gasteiger partial charge < -0.3 is 4.98 Å². The Kier molecular flexibility index (Phi) is 2.22. The molecule has 0 atom stereocenters. The molecule has 86 valence electrons. The van der Waals surface area contributed by atoms with Gasteiger partial charge in [0.2, 0.25) is 0 Å². The summed E-state index contributed by atoms with van der Waals surface area (Å²) in [4.78, 5) is 6.73. The third-order valence-corrected chi connectivity index (χ3v) is 2.32. The number of rotatable bonds is 0. The number of H-pyrrole nitrogens is 1. The highest BCUT2D eigenvalue weighted by atomic mass is 19.2. The summed E-state index contributed by atoms with van der Waals surface area (Å²) in [5, 5.41) is 0. The summed E-state index contributed by atoms with van der Waals surface area (Å²) in [7, 11) is 0. The van der Waals surface area contributed by atoms with Gasteiger partial charge in [0, 0.05) is 11.5 Å². The van der Waals surface area contributed by atoms with Crippen molar-refractivity contribution in [3.8, 4) is 0 Å². The molecular formula is C11H11F3N2. The molecule has 16 heavy (non-hydrogen) atoms. The zero-order valence-electron chi connectivity index (χ0n) is 9.16. The SMILES string of the molecule is CC(C)(C)c1nc2c(F)c(F)c(F)cc2[nH]1. The van der Waals surface area contributed by atoms with Gasteiger partial charge in [-0.25, -0.2) is 18.2 Å². The smallest absolute Gasteiger partial charge is 0.196 e. The minimum atomic E-state index is -1.49. The second-order valence-corrected chi connectivity index (χ2v) is 4.72. The van der Waals surface area contributed by atoms with E-state index in [1.54, 1.807) is 0 Å². The Balaban J connectivity index is 2.77. The quantitative estimate of drug-likeness (QED) is 0.689. The van der Waals surface area contributed by atoms with Crippen molar-refractivity contribution >= 4 is 11.0 Å². The Bertz CT molecular complexity index is 552. The molecule has 0 aliphatic carbocycles. The number of benzene rings is 1. The number of hydrogen-bond donors (Lipinski definition) is 1. The molecule has 0 aliphatic rings. The molecule has 0 aliphatic heterocycles. The highest BCUT2D eigenvalue weighted by Crippen LogP contribution is 2.26. The van der Waals surface area contributed by atoms with Crippen LogP contribution in [-0.2, 0) is 5.41 Å². The van der Waals surface area contributed by atoms with E-state index < -0.39 is 17.5 Å². The van der Waals surface area contributed by atoms with Gasteiger partial charge in [-0.05, 0) is 0 Å². The highest BCUT2D eigenvalue weighted by molar-refractivity contribution is 5.76. The van der Waals surface area contributed by atoms with Gasteiger partial charge in [-0.15, -0.1) is 0 Å². The summed E-state index contributed by atoms with van der Waals surface area (Å²) in [5.41, 5.74) is -0.330. The molecule has 1 heterocycles. The Morgan fingerprint density at radius 2 is 1.75 bits per heavy atom. The molecule has 0 fully saturated rings. The Morgan fingerprint density at radius 1 is 1.12 bits per heavy atom. The zero-order valence-corrected chi connectivity index (χ0v) is 9.16. The van der Waals surface area contributed by atoms with E-state index in [0.717, 1.165) is 6.07 Å². The van der Waals surface area contributed by atoms with Crippen molar-refractivity contribution in [2.24, 2.45) is 0 Å². The van der Waals surface area contributed by atoms with Crippen LogP contribution in [0.1, 0.15) is 26.6 Å². The monoisotopic (exact) mass is 228 g/mol. The van der Waals surface area contributed by atoms with Crippen molar-refractivity contribution in [3.63, 3.8) is 0 Å². The minimum Gasteiger partial charge on any atom is -0.341 e. The summed E-state index contributed by atoms with van der Waals surface area (Å²) in [6, 6.07) is 0.913. The van der Waals surface area contributed by atoms with Crippen LogP contribution in [0.15, 0.2) is 6.07 Å². The molecule has 0 radical (unpaired) electrons. The first-order valence-corrected chi connectivity index (χ1v) is 4.84. The molecule has 0 spiro atoms. The number of hydrogen-bond acceptors (Lipinski definition) is 1. The van der Waals surface area contributed by atoms with Crippen molar-refractivity contribution in [2.75, 3.05) is 0 Å². The highest BCUT2D eigenvalue weighted by Gasteiger charge is 2.22. The lowest BCUT2D eigenvalue weighted by Gasteiger charge is -2.13. The van der Waals surface area contributed by atoms with Crippen LogP contribution < -0.4 is 0 Å². The van der Waals surface area contributed by atoms with Crippen molar-refractivity contribution in [3.05, 3.63) is 29.3 Å². The fourth-order valence-electron chi connectivity index (χ4n) is 1.41. The topological polar surface area (TPSA) is 28.7 Å². The van der Waals surface area contributed by atoms with Crippen LogP contribution in [-0.4, -0.2) is 9.97 Å². The number of aromatic nitrogens is 2. The largest absolute Gasteiger partial charge is 0.341 e. The summed E-state index contributed by atoms with van der Waals surface area (Å²) in [5.74, 6) is -3.46. The Morgan fingerprint density at radius 3 is 2.31 bits per heavy atom. The molecule has 0 bridgehead atoms. The second kappa shape index (κ2) is 3.23. The van der Waals surface area contributed by atoms with E-state index in [1.165, 1.54) is 0 Å². The normalized spacial score (nSPS) is 12.4. The number of nitrogens with one attached hydrogen (secondary N) is 1. The lowest BCUT2D eigenvalue weighted by Crippen LogP contribution is -2.13. The van der Waals surface area contributed by atoms with Crippen LogP contribution in [0, 0.1) is 17.5 Å². The van der Waals surface area contributed by atoms with Crippen molar-refractivity contribution < 1.29 is 13.2 Å². The van der Waals surface area contributed by atoms with Gasteiger partial charge >= 0.3 is 0 Å². The standard InChI is InChI=1S/C11H11F3N2/c1-11(2,3)10-15-6-4-5(12)7(13)8(14)9(6)16-10/h4H,1-3H3,(H,15,16). The molecule has 2 aromatic rings. The van der Waals surface area contributed by atoms with Gasteiger partial charge in [-0.1, -0.05) is 20.8 Å². The third kappa shape index (κ3) is 1.56. The van der Waals surface area contributed by atoms with Crippen LogP contribution in [0.25, 0.3) is 11.0 Å². The van der Waals surface area contributed by atoms with Crippen molar-refractivity contribution in [1.82, 2.24) is 9.97 Å². The molecule has 0 saturated heterocycles. The van der Waals surface area contributed by atoms with Gasteiger partial charge in [0.1, 0.15) is 11.3 Å². The van der Waals surface area contributed by atoms with E-state index in [-0.39, 0.29) is 16.4 Å². The van der Waals surface area contributed by atoms with Crippen LogP contribution in [0.4, 0.5) is 13.2 Å². The molecule has 2 nitrogen and oxygen atoms in total. The maximum Gasteiger partial charge on any atom is 0.196 e. The van der Waals surface area contributed by atoms with Crippen LogP contribution >= 0.6 is 0 Å². The van der Waals surface area contributed by atoms with E-state index in [9.17, 15) is 13.2 Å².